The molecule has 0 bridgehead atoms. The van der Waals surface area contributed by atoms with Gasteiger partial charge in [-0.3, -0.25) is 48.6 Å². The number of unbranched alkanes of at least 4 members (excludes halogenated alkanes) is 4. The molecule has 2 atom stereocenters. The van der Waals surface area contributed by atoms with Crippen LogP contribution in [0.15, 0.2) is 54.6 Å². The van der Waals surface area contributed by atoms with Gasteiger partial charge < -0.3 is 25.0 Å². The first kappa shape index (κ1) is 47.8. The van der Waals surface area contributed by atoms with Gasteiger partial charge in [-0.2, -0.15) is 5.10 Å². The molecule has 4 aromatic rings. The van der Waals surface area contributed by atoms with E-state index < -0.39 is 39.4 Å². The van der Waals surface area contributed by atoms with E-state index in [1.165, 1.54) is 13.2 Å². The Balaban J connectivity index is 0.813. The van der Waals surface area contributed by atoms with Crippen LogP contribution in [0.4, 0.5) is 11.4 Å². The number of piperazine rings is 1. The van der Waals surface area contributed by atoms with E-state index in [0.717, 1.165) is 80.5 Å². The Morgan fingerprint density at radius 3 is 2.35 bits per heavy atom. The molecule has 0 aliphatic carbocycles. The van der Waals surface area contributed by atoms with Crippen molar-refractivity contribution in [2.75, 3.05) is 75.6 Å². The topological polar surface area (TPSA) is 219 Å². The van der Waals surface area contributed by atoms with Gasteiger partial charge in [0.2, 0.25) is 23.6 Å². The zero-order chi connectivity index (χ0) is 47.1. The largest absolute Gasteiger partial charge is 0.493 e. The zero-order valence-electron chi connectivity index (χ0n) is 37.9. The summed E-state index contributed by atoms with van der Waals surface area (Å²) in [6.45, 7) is 6.61. The molecule has 0 radical (unpaired) electrons. The number of sulfone groups is 1. The highest BCUT2D eigenvalue weighted by Gasteiger charge is 2.43. The first-order valence-corrected chi connectivity index (χ1v) is 24.5. The quantitative estimate of drug-likeness (QED) is 0.0828. The summed E-state index contributed by atoms with van der Waals surface area (Å²) in [4.78, 5) is 83.5. The number of rotatable bonds is 20. The van der Waals surface area contributed by atoms with Crippen molar-refractivity contribution in [2.24, 2.45) is 7.05 Å². The van der Waals surface area contributed by atoms with E-state index in [0.29, 0.717) is 47.9 Å². The number of aryl methyl sites for hydroxylation is 1. The van der Waals surface area contributed by atoms with Crippen molar-refractivity contribution in [3.05, 3.63) is 77.0 Å². The number of methoxy groups -OCH3 is 1. The predicted molar refractivity (Wildman–Crippen MR) is 247 cm³/mol. The van der Waals surface area contributed by atoms with Crippen LogP contribution in [-0.2, 0) is 36.1 Å². The second kappa shape index (κ2) is 21.0. The maximum Gasteiger partial charge on any atom is 0.264 e. The fourth-order valence-corrected chi connectivity index (χ4v) is 9.89. The SMILES string of the molecule is CCOc1cc(C(CS(C)(=O)=O)N2C(=O)c3cccc(NC(=O)CCCCCCCN4CCN(CC(=O)Nc5ccc6c(C7CCC(=O)NC7=O)nn(C)c6c5)CC4)c3C2=O)ccc1OC. The molecule has 3 aromatic carbocycles. The Labute approximate surface area is 384 Å². The highest BCUT2D eigenvalue weighted by atomic mass is 32.2. The van der Waals surface area contributed by atoms with Crippen LogP contribution in [0.5, 0.6) is 11.5 Å². The highest BCUT2D eigenvalue weighted by Crippen LogP contribution is 2.39. The molecule has 1 aromatic heterocycles. The van der Waals surface area contributed by atoms with Gasteiger partial charge in [0, 0.05) is 63.4 Å². The molecule has 4 heterocycles. The van der Waals surface area contributed by atoms with E-state index in [2.05, 4.69) is 30.8 Å². The average molecular weight is 927 g/mol. The standard InChI is InChI=1S/C47H58N8O10S/c1-5-65-39-26-30(15-19-38(39)64-3)37(29-66(4,62)63)55-46(60)33-12-11-13-35(43(33)47(55)61)49-40(56)14-9-7-6-8-10-21-53-22-24-54(25-23-53)28-42(58)48-31-16-17-32-36(27-31)52(2)51-44(32)34-18-20-41(57)50-45(34)59/h11-13,15-17,19,26-27,34,37H,5-10,14,18,20-25,28-29H2,1-4H3,(H,48,58)(H,49,56)(H,50,57,59). The summed E-state index contributed by atoms with van der Waals surface area (Å²) in [5.74, 6) is -2.59. The Morgan fingerprint density at radius 2 is 1.62 bits per heavy atom. The molecule has 3 aliphatic heterocycles. The van der Waals surface area contributed by atoms with Gasteiger partial charge in [-0.1, -0.05) is 31.4 Å². The van der Waals surface area contributed by atoms with Crippen molar-refractivity contribution in [3.63, 3.8) is 0 Å². The van der Waals surface area contributed by atoms with Crippen LogP contribution < -0.4 is 25.4 Å². The van der Waals surface area contributed by atoms with Gasteiger partial charge in [-0.25, -0.2) is 8.42 Å². The number of hydrogen-bond acceptors (Lipinski definition) is 13. The second-order valence-electron chi connectivity index (χ2n) is 17.1. The smallest absolute Gasteiger partial charge is 0.264 e. The average Bonchev–Trinajstić information content (AvgIpc) is 3.73. The van der Waals surface area contributed by atoms with E-state index in [-0.39, 0.29) is 59.8 Å². The molecule has 66 heavy (non-hydrogen) atoms. The zero-order valence-corrected chi connectivity index (χ0v) is 38.7. The molecule has 2 unspecified atom stereocenters. The van der Waals surface area contributed by atoms with Crippen molar-refractivity contribution < 1.29 is 46.7 Å². The number of imide groups is 2. The minimum Gasteiger partial charge on any atom is -0.493 e. The van der Waals surface area contributed by atoms with Gasteiger partial charge in [0.15, 0.2) is 11.5 Å². The van der Waals surface area contributed by atoms with Crippen LogP contribution in [-0.4, -0.2) is 133 Å². The molecule has 6 amide bonds. The summed E-state index contributed by atoms with van der Waals surface area (Å²) in [7, 11) is -0.409. The molecule has 352 valence electrons. The minimum atomic E-state index is -3.68. The normalized spacial score (nSPS) is 17.5. The van der Waals surface area contributed by atoms with Gasteiger partial charge in [0.05, 0.1) is 66.0 Å². The molecular formula is C47H58N8O10S. The van der Waals surface area contributed by atoms with Crippen molar-refractivity contribution in [3.8, 4) is 11.5 Å². The molecule has 7 rings (SSSR count). The second-order valence-corrected chi connectivity index (χ2v) is 19.3. The first-order valence-electron chi connectivity index (χ1n) is 22.5. The lowest BCUT2D eigenvalue weighted by atomic mass is 9.93. The van der Waals surface area contributed by atoms with Gasteiger partial charge in [0.25, 0.3) is 11.8 Å². The summed E-state index contributed by atoms with van der Waals surface area (Å²) in [6.07, 6.45) is 6.44. The number of carbonyl (C=O) groups excluding carboxylic acids is 6. The van der Waals surface area contributed by atoms with E-state index in [1.807, 2.05) is 18.2 Å². The van der Waals surface area contributed by atoms with E-state index >= 15 is 0 Å². The van der Waals surface area contributed by atoms with Crippen molar-refractivity contribution in [2.45, 2.75) is 70.3 Å². The predicted octanol–water partition coefficient (Wildman–Crippen LogP) is 4.42. The van der Waals surface area contributed by atoms with Crippen LogP contribution in [0.25, 0.3) is 10.9 Å². The molecule has 2 saturated heterocycles. The summed E-state index contributed by atoms with van der Waals surface area (Å²) in [5, 5.41) is 13.6. The number of nitrogens with one attached hydrogen (secondary N) is 3. The van der Waals surface area contributed by atoms with Gasteiger partial charge >= 0.3 is 0 Å². The van der Waals surface area contributed by atoms with Crippen LogP contribution in [0.1, 0.15) is 102 Å². The van der Waals surface area contributed by atoms with E-state index in [4.69, 9.17) is 9.47 Å². The molecule has 2 fully saturated rings. The summed E-state index contributed by atoms with van der Waals surface area (Å²) >= 11 is 0. The number of nitrogens with zero attached hydrogens (tertiary/aromatic N) is 5. The highest BCUT2D eigenvalue weighted by molar-refractivity contribution is 7.90. The van der Waals surface area contributed by atoms with Crippen molar-refractivity contribution >= 4 is 67.6 Å². The summed E-state index contributed by atoms with van der Waals surface area (Å²) in [6, 6.07) is 13.8. The third kappa shape index (κ3) is 11.2. The monoisotopic (exact) mass is 926 g/mol. The lowest BCUT2D eigenvalue weighted by Crippen LogP contribution is -2.48. The molecule has 19 heteroatoms. The third-order valence-electron chi connectivity index (χ3n) is 12.3. The van der Waals surface area contributed by atoms with Crippen LogP contribution >= 0.6 is 0 Å². The minimum absolute atomic E-state index is 0.0283. The van der Waals surface area contributed by atoms with E-state index in [1.54, 1.807) is 49.0 Å². The van der Waals surface area contributed by atoms with Gasteiger partial charge in [-0.05, 0) is 80.8 Å². The Kier molecular flexibility index (Phi) is 15.2. The van der Waals surface area contributed by atoms with Crippen molar-refractivity contribution in [1.82, 2.24) is 29.8 Å². The maximum absolute atomic E-state index is 14.0. The molecule has 0 saturated carbocycles. The Morgan fingerprint density at radius 1 is 0.879 bits per heavy atom. The van der Waals surface area contributed by atoms with Crippen LogP contribution in [0.2, 0.25) is 0 Å². The molecular weight excluding hydrogens is 869 g/mol. The lowest BCUT2D eigenvalue weighted by molar-refractivity contribution is -0.134. The number of piperidine rings is 1. The van der Waals surface area contributed by atoms with Gasteiger partial charge in [-0.15, -0.1) is 0 Å². The Bertz CT molecular complexity index is 2620. The maximum atomic E-state index is 14.0. The fraction of sp³-hybridized carbons (Fsp3) is 0.468. The molecule has 18 nitrogen and oxygen atoms in total. The Hall–Kier alpha value is -6.18. The number of benzene rings is 3. The van der Waals surface area contributed by atoms with Gasteiger partial charge in [0.1, 0.15) is 9.84 Å². The first-order chi connectivity index (χ1) is 31.6. The number of hydrogen-bond donors (Lipinski definition) is 3. The number of amides is 6. The fourth-order valence-electron chi connectivity index (χ4n) is 8.98. The molecule has 3 aliphatic rings. The molecule has 3 N–H and O–H groups in total. The summed E-state index contributed by atoms with van der Waals surface area (Å²) < 4.78 is 38.0. The number of aromatic nitrogens is 2. The number of fused-ring (bicyclic) bond motifs is 2. The summed E-state index contributed by atoms with van der Waals surface area (Å²) in [5.41, 5.74) is 2.76. The van der Waals surface area contributed by atoms with Crippen LogP contribution in [0.3, 0.4) is 0 Å². The van der Waals surface area contributed by atoms with E-state index in [9.17, 15) is 37.2 Å². The third-order valence-corrected chi connectivity index (χ3v) is 13.2. The van der Waals surface area contributed by atoms with Crippen LogP contribution in [0, 0.1) is 0 Å². The number of ether oxygens (including phenoxy) is 2. The number of carbonyl (C=O) groups is 6. The molecule has 0 spiro atoms. The van der Waals surface area contributed by atoms with Crippen molar-refractivity contribution in [1.29, 1.82) is 0 Å². The lowest BCUT2D eigenvalue weighted by Gasteiger charge is -2.34. The number of anilines is 2.